The Hall–Kier alpha value is -1.06. The molecule has 0 amide bonds. The Bertz CT molecular complexity index is 348. The minimum Gasteiger partial charge on any atom is -0.493 e. The van der Waals surface area contributed by atoms with Crippen molar-refractivity contribution in [2.75, 3.05) is 6.61 Å². The molecule has 2 N–H and O–H groups in total. The van der Waals surface area contributed by atoms with Crippen molar-refractivity contribution in [3.05, 3.63) is 29.3 Å². The highest BCUT2D eigenvalue weighted by Gasteiger charge is 2.18. The number of hydrogen-bond acceptors (Lipinski definition) is 3. The van der Waals surface area contributed by atoms with Crippen LogP contribution in [0.4, 0.5) is 0 Å². The molecule has 0 atom stereocenters. The van der Waals surface area contributed by atoms with Crippen LogP contribution in [-0.4, -0.2) is 6.61 Å². The molecule has 0 aromatic heterocycles. The fourth-order valence-electron chi connectivity index (χ4n) is 1.92. The number of hydrogen-bond donors (Lipinski definition) is 1. The van der Waals surface area contributed by atoms with Gasteiger partial charge in [0.2, 0.25) is 0 Å². The first-order valence-corrected chi connectivity index (χ1v) is 5.83. The van der Waals surface area contributed by atoms with E-state index in [2.05, 4.69) is 19.1 Å². The van der Waals surface area contributed by atoms with E-state index >= 15 is 0 Å². The third kappa shape index (κ3) is 2.74. The molecule has 3 heteroatoms. The van der Waals surface area contributed by atoms with Crippen molar-refractivity contribution < 1.29 is 9.57 Å². The number of nitrogens with two attached hydrogens (primary N) is 1. The molecule has 88 valence electrons. The zero-order chi connectivity index (χ0) is 11.4. The molecule has 1 aliphatic carbocycles. The topological polar surface area (TPSA) is 44.5 Å². The van der Waals surface area contributed by atoms with Gasteiger partial charge in [-0.15, -0.1) is 0 Å². The monoisotopic (exact) mass is 221 g/mol. The molecule has 16 heavy (non-hydrogen) atoms. The molecule has 0 aliphatic heterocycles. The Kier molecular flexibility index (Phi) is 3.80. The largest absolute Gasteiger partial charge is 0.493 e. The minimum absolute atomic E-state index is 0.404. The average molecular weight is 221 g/mol. The van der Waals surface area contributed by atoms with Gasteiger partial charge in [-0.2, -0.15) is 0 Å². The van der Waals surface area contributed by atoms with Gasteiger partial charge in [0.1, 0.15) is 5.75 Å². The maximum atomic E-state index is 5.81. The summed E-state index contributed by atoms with van der Waals surface area (Å²) in [6, 6.07) is 6.11. The van der Waals surface area contributed by atoms with Gasteiger partial charge in [-0.1, -0.05) is 18.1 Å². The molecule has 0 spiro atoms. The quantitative estimate of drug-likeness (QED) is 0.777. The first-order chi connectivity index (χ1) is 7.79. The van der Waals surface area contributed by atoms with Gasteiger partial charge >= 0.3 is 0 Å². The third-order valence-electron chi connectivity index (χ3n) is 3.15. The predicted octanol–water partition coefficient (Wildman–Crippen LogP) is 2.56. The maximum absolute atomic E-state index is 5.81. The highest BCUT2D eigenvalue weighted by Crippen LogP contribution is 2.28. The van der Waals surface area contributed by atoms with Crippen LogP contribution in [0.1, 0.15) is 30.4 Å². The van der Waals surface area contributed by atoms with E-state index in [4.69, 9.17) is 15.5 Å². The molecular formula is C13H19NO2. The van der Waals surface area contributed by atoms with Crippen LogP contribution in [0.25, 0.3) is 0 Å². The highest BCUT2D eigenvalue weighted by molar-refractivity contribution is 5.36. The van der Waals surface area contributed by atoms with Crippen molar-refractivity contribution in [3.8, 4) is 5.75 Å². The van der Waals surface area contributed by atoms with Gasteiger partial charge in [0, 0.05) is 5.56 Å². The van der Waals surface area contributed by atoms with Crippen LogP contribution in [0.3, 0.4) is 0 Å². The Labute approximate surface area is 96.5 Å². The summed E-state index contributed by atoms with van der Waals surface area (Å²) < 4.78 is 5.81. The highest BCUT2D eigenvalue weighted by atomic mass is 16.6. The molecule has 2 rings (SSSR count). The lowest BCUT2D eigenvalue weighted by Gasteiger charge is -2.25. The molecule has 3 nitrogen and oxygen atoms in total. The Morgan fingerprint density at radius 2 is 2.19 bits per heavy atom. The number of benzene rings is 1. The molecule has 0 unspecified atom stereocenters. The summed E-state index contributed by atoms with van der Waals surface area (Å²) in [7, 11) is 0. The number of rotatable bonds is 5. The second kappa shape index (κ2) is 5.32. The van der Waals surface area contributed by atoms with Crippen molar-refractivity contribution in [1.29, 1.82) is 0 Å². The molecule has 1 saturated carbocycles. The van der Waals surface area contributed by atoms with Crippen LogP contribution >= 0.6 is 0 Å². The lowest BCUT2D eigenvalue weighted by atomic mass is 9.86. The van der Waals surface area contributed by atoms with Crippen LogP contribution < -0.4 is 10.6 Å². The number of ether oxygens (including phenoxy) is 1. The zero-order valence-electron chi connectivity index (χ0n) is 9.74. The average Bonchev–Trinajstić information content (AvgIpc) is 2.19. The van der Waals surface area contributed by atoms with Gasteiger partial charge in [-0.25, -0.2) is 5.90 Å². The smallest absolute Gasteiger partial charge is 0.124 e. The molecule has 1 aromatic carbocycles. The fourth-order valence-corrected chi connectivity index (χ4v) is 1.92. The summed E-state index contributed by atoms with van der Waals surface area (Å²) in [6.07, 6.45) is 3.95. The molecule has 0 radical (unpaired) electrons. The summed E-state index contributed by atoms with van der Waals surface area (Å²) in [4.78, 5) is 4.69. The molecule has 0 saturated heterocycles. The Morgan fingerprint density at radius 1 is 1.38 bits per heavy atom. The first kappa shape index (κ1) is 11.4. The second-order valence-corrected chi connectivity index (χ2v) is 4.53. The van der Waals surface area contributed by atoms with E-state index in [-0.39, 0.29) is 0 Å². The van der Waals surface area contributed by atoms with E-state index in [1.54, 1.807) is 0 Å². The Balaban J connectivity index is 1.99. The molecule has 1 aliphatic rings. The SMILES string of the molecule is Cc1ccc(OCC2CCC2)c(CON)c1. The van der Waals surface area contributed by atoms with Crippen molar-refractivity contribution >= 4 is 0 Å². The van der Waals surface area contributed by atoms with E-state index in [0.717, 1.165) is 23.8 Å². The van der Waals surface area contributed by atoms with E-state index in [0.29, 0.717) is 6.61 Å². The molecular weight excluding hydrogens is 202 g/mol. The van der Waals surface area contributed by atoms with Crippen LogP contribution in [-0.2, 0) is 11.4 Å². The molecule has 0 bridgehead atoms. The lowest BCUT2D eigenvalue weighted by Crippen LogP contribution is -2.19. The van der Waals surface area contributed by atoms with Gasteiger partial charge < -0.3 is 4.74 Å². The summed E-state index contributed by atoms with van der Waals surface area (Å²) in [5.41, 5.74) is 2.23. The van der Waals surface area contributed by atoms with Gasteiger partial charge in [0.25, 0.3) is 0 Å². The number of aryl methyl sites for hydroxylation is 1. The molecule has 0 heterocycles. The minimum atomic E-state index is 0.404. The second-order valence-electron chi connectivity index (χ2n) is 4.53. The van der Waals surface area contributed by atoms with Crippen LogP contribution in [0.15, 0.2) is 18.2 Å². The zero-order valence-corrected chi connectivity index (χ0v) is 9.74. The summed E-state index contributed by atoms with van der Waals surface area (Å²) in [5, 5.41) is 0. The van der Waals surface area contributed by atoms with Crippen LogP contribution in [0.2, 0.25) is 0 Å². The standard InChI is InChI=1S/C13H19NO2/c1-10-5-6-13(12(7-10)9-16-14)15-8-11-3-2-4-11/h5-7,11H,2-4,8-9,14H2,1H3. The van der Waals surface area contributed by atoms with Crippen molar-refractivity contribution in [3.63, 3.8) is 0 Å². The predicted molar refractivity (Wildman–Crippen MR) is 63.0 cm³/mol. The van der Waals surface area contributed by atoms with E-state index in [1.165, 1.54) is 24.8 Å². The summed E-state index contributed by atoms with van der Waals surface area (Å²) >= 11 is 0. The van der Waals surface area contributed by atoms with E-state index < -0.39 is 0 Å². The van der Waals surface area contributed by atoms with Crippen molar-refractivity contribution in [2.24, 2.45) is 11.8 Å². The van der Waals surface area contributed by atoms with E-state index in [9.17, 15) is 0 Å². The van der Waals surface area contributed by atoms with Crippen LogP contribution in [0, 0.1) is 12.8 Å². The van der Waals surface area contributed by atoms with Crippen molar-refractivity contribution in [1.82, 2.24) is 0 Å². The third-order valence-corrected chi connectivity index (χ3v) is 3.15. The molecule has 1 aromatic rings. The van der Waals surface area contributed by atoms with Gasteiger partial charge in [-0.3, -0.25) is 4.84 Å². The van der Waals surface area contributed by atoms with Crippen molar-refractivity contribution in [2.45, 2.75) is 32.8 Å². The fraction of sp³-hybridized carbons (Fsp3) is 0.538. The van der Waals surface area contributed by atoms with Gasteiger partial charge in [0.15, 0.2) is 0 Å². The summed E-state index contributed by atoms with van der Waals surface area (Å²) in [6.45, 7) is 3.28. The Morgan fingerprint density at radius 3 is 2.81 bits per heavy atom. The molecule has 1 fully saturated rings. The first-order valence-electron chi connectivity index (χ1n) is 5.83. The van der Waals surface area contributed by atoms with Crippen LogP contribution in [0.5, 0.6) is 5.75 Å². The summed E-state index contributed by atoms with van der Waals surface area (Å²) in [5.74, 6) is 6.77. The maximum Gasteiger partial charge on any atom is 0.124 e. The van der Waals surface area contributed by atoms with Gasteiger partial charge in [0.05, 0.1) is 13.2 Å². The van der Waals surface area contributed by atoms with Gasteiger partial charge in [-0.05, 0) is 37.8 Å². The lowest BCUT2D eigenvalue weighted by molar-refractivity contribution is 0.118. The van der Waals surface area contributed by atoms with E-state index in [1.807, 2.05) is 6.07 Å². The normalized spacial score (nSPS) is 15.9.